The van der Waals surface area contributed by atoms with Crippen LogP contribution < -0.4 is 5.73 Å². The first-order chi connectivity index (χ1) is 10.1. The van der Waals surface area contributed by atoms with E-state index >= 15 is 0 Å². The van der Waals surface area contributed by atoms with Crippen molar-refractivity contribution in [3.63, 3.8) is 0 Å². The van der Waals surface area contributed by atoms with Crippen LogP contribution in [0, 0.1) is 6.92 Å². The van der Waals surface area contributed by atoms with E-state index in [1.165, 1.54) is 0 Å². The van der Waals surface area contributed by atoms with Crippen molar-refractivity contribution in [2.45, 2.75) is 6.92 Å². The molecule has 1 aromatic heterocycles. The fraction of sp³-hybridized carbons (Fsp3) is 0.0588. The normalized spacial score (nSPS) is 10.6. The molecule has 0 saturated heterocycles. The van der Waals surface area contributed by atoms with Crippen LogP contribution in [0.5, 0.6) is 0 Å². The number of rotatable bonds is 2. The Labute approximate surface area is 128 Å². The van der Waals surface area contributed by atoms with Gasteiger partial charge in [-0.3, -0.25) is 0 Å². The molecule has 0 bridgehead atoms. The van der Waals surface area contributed by atoms with Gasteiger partial charge < -0.3 is 5.73 Å². The summed E-state index contributed by atoms with van der Waals surface area (Å²) in [5, 5.41) is 0.694. The van der Waals surface area contributed by atoms with Gasteiger partial charge in [0.05, 0.1) is 11.4 Å². The van der Waals surface area contributed by atoms with Gasteiger partial charge in [-0.15, -0.1) is 0 Å². The van der Waals surface area contributed by atoms with Crippen molar-refractivity contribution in [2.75, 3.05) is 5.73 Å². The number of aromatic nitrogens is 2. The zero-order valence-corrected chi connectivity index (χ0v) is 12.3. The van der Waals surface area contributed by atoms with Crippen LogP contribution in [0.2, 0.25) is 5.02 Å². The molecule has 3 rings (SSSR count). The second-order valence-corrected chi connectivity index (χ2v) is 5.25. The Kier molecular flexibility index (Phi) is 3.59. The van der Waals surface area contributed by atoms with Crippen molar-refractivity contribution in [2.24, 2.45) is 0 Å². The van der Waals surface area contributed by atoms with Crippen LogP contribution in [-0.4, -0.2) is 9.97 Å². The number of nitrogen functional groups attached to an aromatic ring is 1. The summed E-state index contributed by atoms with van der Waals surface area (Å²) in [6.45, 7) is 2.05. The molecule has 2 N–H and O–H groups in total. The van der Waals surface area contributed by atoms with Crippen molar-refractivity contribution < 1.29 is 0 Å². The Balaban J connectivity index is 2.13. The Morgan fingerprint density at radius 3 is 2.29 bits per heavy atom. The molecular formula is C17H14ClN3. The predicted octanol–water partition coefficient (Wildman–Crippen LogP) is 4.35. The zero-order chi connectivity index (χ0) is 14.8. The topological polar surface area (TPSA) is 51.8 Å². The minimum Gasteiger partial charge on any atom is -0.368 e. The van der Waals surface area contributed by atoms with E-state index in [9.17, 15) is 0 Å². The fourth-order valence-corrected chi connectivity index (χ4v) is 2.36. The highest BCUT2D eigenvalue weighted by Gasteiger charge is 2.08. The first kappa shape index (κ1) is 13.6. The molecule has 3 aromatic rings. The minimum atomic E-state index is 0.265. The quantitative estimate of drug-likeness (QED) is 0.764. The van der Waals surface area contributed by atoms with E-state index in [1.807, 2.05) is 48.5 Å². The Bertz CT molecular complexity index is 782. The lowest BCUT2D eigenvalue weighted by Crippen LogP contribution is -1.99. The molecule has 0 spiro atoms. The fourth-order valence-electron chi connectivity index (χ4n) is 2.23. The van der Waals surface area contributed by atoms with Crippen LogP contribution in [0.3, 0.4) is 0 Å². The molecule has 0 aliphatic rings. The van der Waals surface area contributed by atoms with Gasteiger partial charge in [-0.25, -0.2) is 9.97 Å². The molecule has 0 fully saturated rings. The number of benzene rings is 2. The zero-order valence-electron chi connectivity index (χ0n) is 11.5. The van der Waals surface area contributed by atoms with Crippen molar-refractivity contribution in [3.8, 4) is 22.5 Å². The van der Waals surface area contributed by atoms with Gasteiger partial charge in [0.2, 0.25) is 5.95 Å². The van der Waals surface area contributed by atoms with Gasteiger partial charge >= 0.3 is 0 Å². The smallest absolute Gasteiger partial charge is 0.221 e. The van der Waals surface area contributed by atoms with E-state index in [2.05, 4.69) is 23.0 Å². The molecule has 0 aliphatic heterocycles. The summed E-state index contributed by atoms with van der Waals surface area (Å²) in [5.41, 5.74) is 10.6. The third-order valence-corrected chi connectivity index (χ3v) is 3.56. The SMILES string of the molecule is Cc1ccccc1-c1cc(-c2ccc(Cl)cc2)nc(N)n1. The number of nitrogens with zero attached hydrogens (tertiary/aromatic N) is 2. The lowest BCUT2D eigenvalue weighted by atomic mass is 10.0. The Morgan fingerprint density at radius 2 is 1.57 bits per heavy atom. The molecule has 21 heavy (non-hydrogen) atoms. The molecule has 0 amide bonds. The molecule has 0 unspecified atom stereocenters. The summed E-state index contributed by atoms with van der Waals surface area (Å²) in [5.74, 6) is 0.265. The first-order valence-corrected chi connectivity index (χ1v) is 6.98. The lowest BCUT2D eigenvalue weighted by molar-refractivity contribution is 1.19. The summed E-state index contributed by atoms with van der Waals surface area (Å²) in [6.07, 6.45) is 0. The van der Waals surface area contributed by atoms with Gasteiger partial charge in [-0.05, 0) is 30.7 Å². The first-order valence-electron chi connectivity index (χ1n) is 6.60. The van der Waals surface area contributed by atoms with Gasteiger partial charge in [0.25, 0.3) is 0 Å². The average molecular weight is 296 g/mol. The lowest BCUT2D eigenvalue weighted by Gasteiger charge is -2.08. The largest absolute Gasteiger partial charge is 0.368 e. The molecule has 104 valence electrons. The van der Waals surface area contributed by atoms with Crippen LogP contribution in [0.25, 0.3) is 22.5 Å². The summed E-state index contributed by atoms with van der Waals surface area (Å²) < 4.78 is 0. The number of halogens is 1. The number of anilines is 1. The van der Waals surface area contributed by atoms with E-state index in [0.717, 1.165) is 28.1 Å². The van der Waals surface area contributed by atoms with Crippen LogP contribution in [0.1, 0.15) is 5.56 Å². The summed E-state index contributed by atoms with van der Waals surface area (Å²) in [7, 11) is 0. The van der Waals surface area contributed by atoms with E-state index < -0.39 is 0 Å². The maximum Gasteiger partial charge on any atom is 0.221 e. The van der Waals surface area contributed by atoms with Crippen LogP contribution >= 0.6 is 11.6 Å². The maximum atomic E-state index is 5.92. The molecule has 2 aromatic carbocycles. The van der Waals surface area contributed by atoms with Gasteiger partial charge in [0.1, 0.15) is 0 Å². The Hall–Kier alpha value is -2.39. The molecule has 0 aliphatic carbocycles. The van der Waals surface area contributed by atoms with Crippen molar-refractivity contribution >= 4 is 17.5 Å². The molecule has 0 saturated carbocycles. The van der Waals surface area contributed by atoms with Gasteiger partial charge in [-0.1, -0.05) is 48.0 Å². The highest BCUT2D eigenvalue weighted by Crippen LogP contribution is 2.27. The van der Waals surface area contributed by atoms with E-state index in [4.69, 9.17) is 17.3 Å². The third-order valence-electron chi connectivity index (χ3n) is 3.30. The minimum absolute atomic E-state index is 0.265. The van der Waals surface area contributed by atoms with Gasteiger partial charge in [-0.2, -0.15) is 0 Å². The molecule has 0 radical (unpaired) electrons. The van der Waals surface area contributed by atoms with Crippen LogP contribution in [0.15, 0.2) is 54.6 Å². The number of hydrogen-bond acceptors (Lipinski definition) is 3. The number of hydrogen-bond donors (Lipinski definition) is 1. The van der Waals surface area contributed by atoms with Crippen LogP contribution in [-0.2, 0) is 0 Å². The molecule has 4 heteroatoms. The van der Waals surface area contributed by atoms with Gasteiger partial charge in [0, 0.05) is 16.1 Å². The number of nitrogens with two attached hydrogens (primary N) is 1. The van der Waals surface area contributed by atoms with E-state index in [-0.39, 0.29) is 5.95 Å². The van der Waals surface area contributed by atoms with E-state index in [1.54, 1.807) is 0 Å². The standard InChI is InChI=1S/C17H14ClN3/c1-11-4-2-3-5-14(11)16-10-15(20-17(19)21-16)12-6-8-13(18)9-7-12/h2-10H,1H3,(H2,19,20,21). The van der Waals surface area contributed by atoms with Crippen molar-refractivity contribution in [1.29, 1.82) is 0 Å². The van der Waals surface area contributed by atoms with Crippen molar-refractivity contribution in [1.82, 2.24) is 9.97 Å². The molecule has 3 nitrogen and oxygen atoms in total. The average Bonchev–Trinajstić information content (AvgIpc) is 2.48. The molecule has 1 heterocycles. The predicted molar refractivity (Wildman–Crippen MR) is 87.1 cm³/mol. The molecular weight excluding hydrogens is 282 g/mol. The number of aryl methyl sites for hydroxylation is 1. The molecule has 0 atom stereocenters. The van der Waals surface area contributed by atoms with E-state index in [0.29, 0.717) is 5.02 Å². The second kappa shape index (κ2) is 5.54. The summed E-state index contributed by atoms with van der Waals surface area (Å²) in [6, 6.07) is 17.5. The highest BCUT2D eigenvalue weighted by atomic mass is 35.5. The third kappa shape index (κ3) is 2.88. The Morgan fingerprint density at radius 1 is 0.905 bits per heavy atom. The second-order valence-electron chi connectivity index (χ2n) is 4.82. The highest BCUT2D eigenvalue weighted by molar-refractivity contribution is 6.30. The monoisotopic (exact) mass is 295 g/mol. The summed E-state index contributed by atoms with van der Waals surface area (Å²) >= 11 is 5.92. The maximum absolute atomic E-state index is 5.92. The summed E-state index contributed by atoms with van der Waals surface area (Å²) in [4.78, 5) is 8.66. The van der Waals surface area contributed by atoms with Gasteiger partial charge in [0.15, 0.2) is 0 Å². The van der Waals surface area contributed by atoms with Crippen molar-refractivity contribution in [3.05, 3.63) is 65.2 Å². The van der Waals surface area contributed by atoms with Crippen LogP contribution in [0.4, 0.5) is 5.95 Å².